The highest BCUT2D eigenvalue weighted by molar-refractivity contribution is 5.85. The van der Waals surface area contributed by atoms with Crippen molar-refractivity contribution >= 4 is 5.91 Å². The van der Waals surface area contributed by atoms with Gasteiger partial charge in [0.25, 0.3) is 0 Å². The van der Waals surface area contributed by atoms with Crippen LogP contribution >= 0.6 is 0 Å². The lowest BCUT2D eigenvalue weighted by Crippen LogP contribution is -2.38. The van der Waals surface area contributed by atoms with Crippen LogP contribution in [-0.4, -0.2) is 22.2 Å². The Morgan fingerprint density at radius 1 is 1.08 bits per heavy atom. The van der Waals surface area contributed by atoms with Crippen LogP contribution in [0, 0.1) is 11.3 Å². The van der Waals surface area contributed by atoms with Gasteiger partial charge in [-0.05, 0) is 60.2 Å². The van der Waals surface area contributed by atoms with Gasteiger partial charge in [0.2, 0.25) is 5.91 Å². The highest BCUT2D eigenvalue weighted by Crippen LogP contribution is 2.20. The van der Waals surface area contributed by atoms with E-state index in [9.17, 15) is 4.79 Å². The number of benzene rings is 2. The van der Waals surface area contributed by atoms with Gasteiger partial charge in [-0.15, -0.1) is 0 Å². The molecule has 0 radical (unpaired) electrons. The summed E-state index contributed by atoms with van der Waals surface area (Å²) in [4.78, 5) is 13.5. The Kier molecular flexibility index (Phi) is 8.69. The van der Waals surface area contributed by atoms with Gasteiger partial charge in [0.05, 0.1) is 24.0 Å². The molecule has 0 aliphatic heterocycles. The molecule has 1 aliphatic carbocycles. The topological polar surface area (TPSA) is 92.0 Å². The molecule has 4 rings (SSSR count). The summed E-state index contributed by atoms with van der Waals surface area (Å²) < 4.78 is 7.61. The van der Waals surface area contributed by atoms with E-state index in [4.69, 9.17) is 10.00 Å². The molecular weight excluding hydrogens is 462 g/mol. The van der Waals surface area contributed by atoms with Crippen LogP contribution in [0.1, 0.15) is 48.4 Å². The third-order valence-electron chi connectivity index (χ3n) is 6.12. The maximum Gasteiger partial charge on any atom is 0.246 e. The number of carbonyl (C=O) groups is 1. The van der Waals surface area contributed by atoms with Crippen molar-refractivity contribution in [2.45, 2.75) is 31.7 Å². The summed E-state index contributed by atoms with van der Waals surface area (Å²) in [6, 6.07) is 18.9. The average Bonchev–Trinajstić information content (AvgIpc) is 3.32. The molecule has 0 saturated carbocycles. The van der Waals surface area contributed by atoms with E-state index >= 15 is 0 Å². The van der Waals surface area contributed by atoms with Gasteiger partial charge in [-0.1, -0.05) is 55.5 Å². The summed E-state index contributed by atoms with van der Waals surface area (Å²) in [6.45, 7) is 2.70. The van der Waals surface area contributed by atoms with E-state index in [0.29, 0.717) is 23.6 Å². The first-order valence-corrected chi connectivity index (χ1v) is 12.4. The normalized spacial score (nSPS) is 16.2. The van der Waals surface area contributed by atoms with E-state index in [1.54, 1.807) is 17.1 Å². The minimum absolute atomic E-state index is 0.131. The lowest BCUT2D eigenvalue weighted by Gasteiger charge is -2.22. The Morgan fingerprint density at radius 2 is 1.84 bits per heavy atom. The van der Waals surface area contributed by atoms with Gasteiger partial charge in [0.15, 0.2) is 5.75 Å². The molecule has 0 fully saturated rings. The van der Waals surface area contributed by atoms with Gasteiger partial charge in [-0.3, -0.25) is 9.48 Å². The van der Waals surface area contributed by atoms with Crippen LogP contribution in [0.4, 0.5) is 0 Å². The monoisotopic (exact) mass is 493 g/mol. The largest absolute Gasteiger partial charge is 0.454 e. The Hall–Kier alpha value is -4.41. The molecule has 3 aromatic rings. The van der Waals surface area contributed by atoms with Crippen molar-refractivity contribution in [1.82, 2.24) is 20.4 Å². The Balaban J connectivity index is 1.43. The molecule has 188 valence electrons. The number of hydrogen-bond donors (Lipinski definition) is 2. The minimum Gasteiger partial charge on any atom is -0.454 e. The number of carbonyl (C=O) groups excluding carboxylic acids is 1. The molecule has 1 amide bonds. The summed E-state index contributed by atoms with van der Waals surface area (Å²) in [5, 5.41) is 19.7. The molecule has 7 heteroatoms. The highest BCUT2D eigenvalue weighted by atomic mass is 16.5. The first kappa shape index (κ1) is 25.7. The zero-order chi connectivity index (χ0) is 26.0. The summed E-state index contributed by atoms with van der Waals surface area (Å²) in [7, 11) is 1.84. The molecule has 1 unspecified atom stereocenters. The number of nitrogens with zero attached hydrogens (tertiary/aromatic N) is 3. The van der Waals surface area contributed by atoms with E-state index < -0.39 is 6.04 Å². The van der Waals surface area contributed by atoms with Gasteiger partial charge in [-0.2, -0.15) is 10.4 Å². The Morgan fingerprint density at radius 3 is 2.54 bits per heavy atom. The Bertz CT molecular complexity index is 1330. The number of nitriles is 1. The minimum atomic E-state index is -0.525. The third-order valence-corrected chi connectivity index (χ3v) is 6.12. The molecule has 2 aromatic carbocycles. The van der Waals surface area contributed by atoms with Crippen molar-refractivity contribution in [2.24, 2.45) is 7.05 Å². The number of nitrogens with one attached hydrogen (secondary N) is 2. The van der Waals surface area contributed by atoms with Crippen LogP contribution < -0.4 is 15.4 Å². The van der Waals surface area contributed by atoms with E-state index in [0.717, 1.165) is 29.7 Å². The second-order valence-electron chi connectivity index (χ2n) is 9.00. The molecule has 1 aromatic heterocycles. The van der Waals surface area contributed by atoms with Crippen molar-refractivity contribution < 1.29 is 9.53 Å². The van der Waals surface area contributed by atoms with Gasteiger partial charge in [-0.25, -0.2) is 0 Å². The maximum atomic E-state index is 13.5. The van der Waals surface area contributed by atoms with Crippen LogP contribution in [0.25, 0.3) is 0 Å². The number of amides is 1. The van der Waals surface area contributed by atoms with Crippen LogP contribution in [0.2, 0.25) is 0 Å². The molecule has 1 aliphatic rings. The highest BCUT2D eigenvalue weighted by Gasteiger charge is 2.22. The average molecular weight is 494 g/mol. The molecule has 0 saturated heterocycles. The smallest absolute Gasteiger partial charge is 0.246 e. The first-order valence-electron chi connectivity index (χ1n) is 12.4. The van der Waals surface area contributed by atoms with Crippen molar-refractivity contribution in [3.8, 4) is 11.8 Å². The molecule has 0 spiro atoms. The summed E-state index contributed by atoms with van der Waals surface area (Å²) >= 11 is 0. The van der Waals surface area contributed by atoms with Crippen molar-refractivity contribution in [1.29, 1.82) is 5.26 Å². The zero-order valence-electron chi connectivity index (χ0n) is 21.1. The predicted molar refractivity (Wildman–Crippen MR) is 143 cm³/mol. The maximum absolute atomic E-state index is 13.5. The van der Waals surface area contributed by atoms with E-state index in [-0.39, 0.29) is 11.8 Å². The fourth-order valence-electron chi connectivity index (χ4n) is 4.05. The standard InChI is InChI=1S/C30H31N5O2/c1-22(24-14-12-23(18-31)13-15-24)19-32-29(25-8-4-3-5-9-25)30(36)34-26-10-6-7-11-27(17-16-26)37-28-20-33-35(2)21-28/h3-5,8-17,20-22,29,32H,6-7,19H2,1-2H3,(H,34,36)/b17-16?,26-10?,27-11-/t22-,29?/m0/s1. The fourth-order valence-corrected chi connectivity index (χ4v) is 4.05. The number of rotatable bonds is 9. The summed E-state index contributed by atoms with van der Waals surface area (Å²) in [5.74, 6) is 1.40. The number of aryl methyl sites for hydroxylation is 1. The molecule has 1 heterocycles. The molecule has 0 bridgehead atoms. The van der Waals surface area contributed by atoms with Gasteiger partial charge < -0.3 is 15.4 Å². The number of aromatic nitrogens is 2. The van der Waals surface area contributed by atoms with Crippen LogP contribution in [0.3, 0.4) is 0 Å². The second-order valence-corrected chi connectivity index (χ2v) is 9.00. The van der Waals surface area contributed by atoms with Crippen molar-refractivity contribution in [3.63, 3.8) is 0 Å². The SMILES string of the molecule is C[C@@H](CNC(C(=O)NC1=CCC/C=C(\Oc2cnn(C)c2)C=C1)c1ccccc1)c1ccc(C#N)cc1. The number of ether oxygens (including phenoxy) is 1. The van der Waals surface area contributed by atoms with E-state index in [2.05, 4.69) is 28.7 Å². The number of allylic oxidation sites excluding steroid dienone is 4. The second kappa shape index (κ2) is 12.5. The van der Waals surface area contributed by atoms with Gasteiger partial charge in [0.1, 0.15) is 11.8 Å². The quantitative estimate of drug-likeness (QED) is 0.436. The summed E-state index contributed by atoms with van der Waals surface area (Å²) in [5.41, 5.74) is 3.36. The van der Waals surface area contributed by atoms with Gasteiger partial charge >= 0.3 is 0 Å². The third kappa shape index (κ3) is 7.29. The lowest BCUT2D eigenvalue weighted by molar-refractivity contribution is -0.122. The van der Waals surface area contributed by atoms with Crippen LogP contribution in [0.15, 0.2) is 103 Å². The van der Waals surface area contributed by atoms with E-state index in [1.807, 2.05) is 85.9 Å². The molecule has 2 N–H and O–H groups in total. The van der Waals surface area contributed by atoms with E-state index in [1.165, 1.54) is 0 Å². The Labute approximate surface area is 217 Å². The zero-order valence-corrected chi connectivity index (χ0v) is 21.1. The predicted octanol–water partition coefficient (Wildman–Crippen LogP) is 5.04. The first-order chi connectivity index (χ1) is 18.0. The molecular formula is C30H31N5O2. The van der Waals surface area contributed by atoms with Crippen molar-refractivity contribution in [3.05, 3.63) is 119 Å². The molecule has 7 nitrogen and oxygen atoms in total. The molecule has 2 atom stereocenters. The molecule has 37 heavy (non-hydrogen) atoms. The van der Waals surface area contributed by atoms with Gasteiger partial charge in [0, 0.05) is 19.3 Å². The van der Waals surface area contributed by atoms with Crippen molar-refractivity contribution in [2.75, 3.05) is 6.54 Å². The number of hydrogen-bond acceptors (Lipinski definition) is 5. The summed E-state index contributed by atoms with van der Waals surface area (Å²) in [6.07, 6.45) is 12.8. The fraction of sp³-hybridized carbons (Fsp3) is 0.233. The van der Waals surface area contributed by atoms with Crippen LogP contribution in [-0.2, 0) is 11.8 Å². The lowest BCUT2D eigenvalue weighted by atomic mass is 9.98. The van der Waals surface area contributed by atoms with Crippen LogP contribution in [0.5, 0.6) is 5.75 Å².